The molecule has 128 valence electrons. The molecule has 2 N–H and O–H groups in total. The first-order valence-corrected chi connectivity index (χ1v) is 8.71. The van der Waals surface area contributed by atoms with Crippen LogP contribution in [0.4, 0.5) is 5.69 Å². The largest absolute Gasteiger partial charge is 0.321 e. The number of aromatic amines is 1. The first-order valence-electron chi connectivity index (χ1n) is 7.73. The first-order chi connectivity index (χ1) is 12.8. The minimum Gasteiger partial charge on any atom is -0.321 e. The van der Waals surface area contributed by atoms with Crippen molar-refractivity contribution in [3.05, 3.63) is 66.6 Å². The summed E-state index contributed by atoms with van der Waals surface area (Å²) >= 11 is 1.59. The number of rotatable bonds is 5. The zero-order chi connectivity index (χ0) is 17.8. The molecular weight excluding hydrogens is 350 g/mol. The van der Waals surface area contributed by atoms with E-state index in [1.807, 2.05) is 24.3 Å². The third-order valence-electron chi connectivity index (χ3n) is 3.57. The number of carbonyl (C=O) groups is 1. The van der Waals surface area contributed by atoms with Gasteiger partial charge in [-0.2, -0.15) is 5.10 Å². The van der Waals surface area contributed by atoms with Crippen LogP contribution in [0, 0.1) is 0 Å². The molecule has 8 nitrogen and oxygen atoms in total. The van der Waals surface area contributed by atoms with Gasteiger partial charge in [0.15, 0.2) is 5.65 Å². The molecule has 0 fully saturated rings. The molecule has 4 rings (SSSR count). The molecule has 0 aliphatic carbocycles. The number of nitrogens with one attached hydrogen (secondary N) is 2. The SMILES string of the molecule is O=C(Nc1cccc(CSc2ncnc3[nH]ncc23)c1)c1cnccn1. The zero-order valence-corrected chi connectivity index (χ0v) is 14.3. The quantitative estimate of drug-likeness (QED) is 0.414. The molecule has 9 heteroatoms. The Bertz CT molecular complexity index is 1050. The van der Waals surface area contributed by atoms with Gasteiger partial charge in [0.05, 0.1) is 17.8 Å². The third kappa shape index (κ3) is 3.52. The van der Waals surface area contributed by atoms with Crippen LogP contribution in [0.15, 0.2) is 60.4 Å². The van der Waals surface area contributed by atoms with Crippen LogP contribution in [0.3, 0.4) is 0 Å². The van der Waals surface area contributed by atoms with Crippen LogP contribution in [0.5, 0.6) is 0 Å². The highest BCUT2D eigenvalue weighted by molar-refractivity contribution is 7.98. The highest BCUT2D eigenvalue weighted by Gasteiger charge is 2.09. The number of fused-ring (bicyclic) bond motifs is 1. The van der Waals surface area contributed by atoms with E-state index in [-0.39, 0.29) is 11.6 Å². The zero-order valence-electron chi connectivity index (χ0n) is 13.5. The van der Waals surface area contributed by atoms with E-state index in [9.17, 15) is 4.79 Å². The van der Waals surface area contributed by atoms with E-state index in [1.54, 1.807) is 18.0 Å². The molecule has 0 unspecified atom stereocenters. The van der Waals surface area contributed by atoms with E-state index >= 15 is 0 Å². The molecule has 0 saturated carbocycles. The van der Waals surface area contributed by atoms with Crippen molar-refractivity contribution in [2.24, 2.45) is 0 Å². The molecular formula is C17H13N7OS. The maximum Gasteiger partial charge on any atom is 0.275 e. The minimum absolute atomic E-state index is 0.274. The first kappa shape index (κ1) is 16.2. The summed E-state index contributed by atoms with van der Waals surface area (Å²) in [5, 5.41) is 11.4. The Morgan fingerprint density at radius 2 is 2.12 bits per heavy atom. The number of benzene rings is 1. The maximum atomic E-state index is 12.2. The predicted molar refractivity (Wildman–Crippen MR) is 97.7 cm³/mol. The van der Waals surface area contributed by atoms with Gasteiger partial charge in [-0.1, -0.05) is 12.1 Å². The fourth-order valence-electron chi connectivity index (χ4n) is 2.36. The highest BCUT2D eigenvalue weighted by atomic mass is 32.2. The number of hydrogen-bond donors (Lipinski definition) is 2. The Hall–Kier alpha value is -3.33. The number of nitrogens with zero attached hydrogens (tertiary/aromatic N) is 5. The molecule has 1 amide bonds. The van der Waals surface area contributed by atoms with Gasteiger partial charge in [-0.25, -0.2) is 15.0 Å². The molecule has 0 radical (unpaired) electrons. The van der Waals surface area contributed by atoms with Crippen LogP contribution in [0.2, 0.25) is 0 Å². The second-order valence-corrected chi connectivity index (χ2v) is 6.31. The molecule has 26 heavy (non-hydrogen) atoms. The fourth-order valence-corrected chi connectivity index (χ4v) is 3.27. The van der Waals surface area contributed by atoms with Gasteiger partial charge in [-0.05, 0) is 17.7 Å². The van der Waals surface area contributed by atoms with E-state index < -0.39 is 0 Å². The van der Waals surface area contributed by atoms with Crippen LogP contribution in [0.1, 0.15) is 16.1 Å². The molecule has 0 spiro atoms. The van der Waals surface area contributed by atoms with Gasteiger partial charge in [0.1, 0.15) is 17.0 Å². The van der Waals surface area contributed by atoms with Crippen LogP contribution < -0.4 is 5.32 Å². The lowest BCUT2D eigenvalue weighted by molar-refractivity contribution is 0.102. The lowest BCUT2D eigenvalue weighted by Gasteiger charge is -2.07. The van der Waals surface area contributed by atoms with E-state index in [0.29, 0.717) is 17.1 Å². The summed E-state index contributed by atoms with van der Waals surface area (Å²) in [5.74, 6) is 0.408. The molecule has 3 heterocycles. The molecule has 4 aromatic rings. The van der Waals surface area contributed by atoms with Gasteiger partial charge in [-0.15, -0.1) is 11.8 Å². The van der Waals surface area contributed by atoms with Crippen molar-refractivity contribution >= 4 is 34.4 Å². The van der Waals surface area contributed by atoms with Crippen molar-refractivity contribution in [2.75, 3.05) is 5.32 Å². The molecule has 0 aliphatic rings. The van der Waals surface area contributed by atoms with E-state index in [0.717, 1.165) is 16.0 Å². The number of carbonyl (C=O) groups excluding carboxylic acids is 1. The Kier molecular flexibility index (Phi) is 4.52. The summed E-state index contributed by atoms with van der Waals surface area (Å²) in [7, 11) is 0. The van der Waals surface area contributed by atoms with Gasteiger partial charge in [-0.3, -0.25) is 14.9 Å². The van der Waals surface area contributed by atoms with E-state index in [1.165, 1.54) is 24.9 Å². The second-order valence-electron chi connectivity index (χ2n) is 5.34. The van der Waals surface area contributed by atoms with Crippen LogP contribution in [-0.2, 0) is 5.75 Å². The summed E-state index contributed by atoms with van der Waals surface area (Å²) in [5.41, 5.74) is 2.75. The Balaban J connectivity index is 1.46. The monoisotopic (exact) mass is 363 g/mol. The van der Waals surface area contributed by atoms with Crippen LogP contribution in [-0.4, -0.2) is 36.0 Å². The van der Waals surface area contributed by atoms with Crippen molar-refractivity contribution in [1.82, 2.24) is 30.1 Å². The van der Waals surface area contributed by atoms with Gasteiger partial charge in [0, 0.05) is 23.8 Å². The molecule has 0 atom stereocenters. The van der Waals surface area contributed by atoms with Gasteiger partial charge in [0.2, 0.25) is 0 Å². The predicted octanol–water partition coefficient (Wildman–Crippen LogP) is 2.69. The number of H-pyrrole nitrogens is 1. The summed E-state index contributed by atoms with van der Waals surface area (Å²) in [6.45, 7) is 0. The second kappa shape index (κ2) is 7.28. The van der Waals surface area contributed by atoms with Crippen molar-refractivity contribution < 1.29 is 4.79 Å². The van der Waals surface area contributed by atoms with Crippen LogP contribution >= 0.6 is 11.8 Å². The topological polar surface area (TPSA) is 109 Å². The van der Waals surface area contributed by atoms with Gasteiger partial charge < -0.3 is 5.32 Å². The van der Waals surface area contributed by atoms with Crippen molar-refractivity contribution in [2.45, 2.75) is 10.8 Å². The fraction of sp³-hybridized carbons (Fsp3) is 0.0588. The highest BCUT2D eigenvalue weighted by Crippen LogP contribution is 2.27. The molecule has 0 saturated heterocycles. The summed E-state index contributed by atoms with van der Waals surface area (Å²) < 4.78 is 0. The number of aromatic nitrogens is 6. The smallest absolute Gasteiger partial charge is 0.275 e. The number of anilines is 1. The Labute approximate surface area is 152 Å². The lowest BCUT2D eigenvalue weighted by Crippen LogP contribution is -2.13. The standard InChI is InChI=1S/C17H13N7OS/c25-16(14-8-18-4-5-19-14)23-12-3-1-2-11(6-12)9-26-17-13-7-22-24-15(13)20-10-21-17/h1-8,10H,9H2,(H,23,25)(H,20,21,22,24). The number of thioether (sulfide) groups is 1. The summed E-state index contributed by atoms with van der Waals surface area (Å²) in [6, 6.07) is 7.66. The molecule has 3 aromatic heterocycles. The normalized spacial score (nSPS) is 10.8. The molecule has 0 bridgehead atoms. The van der Waals surface area contributed by atoms with Crippen molar-refractivity contribution in [1.29, 1.82) is 0 Å². The third-order valence-corrected chi connectivity index (χ3v) is 4.64. The summed E-state index contributed by atoms with van der Waals surface area (Å²) in [6.07, 6.45) is 7.68. The Morgan fingerprint density at radius 1 is 1.15 bits per heavy atom. The average molecular weight is 363 g/mol. The maximum absolute atomic E-state index is 12.2. The van der Waals surface area contributed by atoms with Crippen LogP contribution in [0.25, 0.3) is 11.0 Å². The van der Waals surface area contributed by atoms with E-state index in [2.05, 4.69) is 35.5 Å². The average Bonchev–Trinajstić information content (AvgIpc) is 3.17. The van der Waals surface area contributed by atoms with Crippen molar-refractivity contribution in [3.63, 3.8) is 0 Å². The molecule has 0 aliphatic heterocycles. The number of hydrogen-bond acceptors (Lipinski definition) is 7. The van der Waals surface area contributed by atoms with E-state index in [4.69, 9.17) is 0 Å². The molecule has 1 aromatic carbocycles. The minimum atomic E-state index is -0.293. The Morgan fingerprint density at radius 3 is 3.00 bits per heavy atom. The van der Waals surface area contributed by atoms with Crippen molar-refractivity contribution in [3.8, 4) is 0 Å². The van der Waals surface area contributed by atoms with Gasteiger partial charge in [0.25, 0.3) is 5.91 Å². The van der Waals surface area contributed by atoms with Gasteiger partial charge >= 0.3 is 0 Å². The summed E-state index contributed by atoms with van der Waals surface area (Å²) in [4.78, 5) is 28.5. The lowest BCUT2D eigenvalue weighted by atomic mass is 10.2. The number of amides is 1.